The van der Waals surface area contributed by atoms with Crippen molar-refractivity contribution in [1.29, 1.82) is 0 Å². The third-order valence-corrected chi connectivity index (χ3v) is 3.97. The molecule has 0 saturated carbocycles. The summed E-state index contributed by atoms with van der Waals surface area (Å²) in [5, 5.41) is 0. The number of Topliss-reactive ketones (excluding diaryl/α,β-unsaturated/α-hetero) is 1. The highest BCUT2D eigenvalue weighted by Gasteiger charge is 2.09. The Morgan fingerprint density at radius 1 is 1.18 bits per heavy atom. The maximum atomic E-state index is 13.3. The molecule has 0 aliphatic carbocycles. The number of halogens is 2. The molecular formula is C13H10BrFOS. The van der Waals surface area contributed by atoms with E-state index in [0.717, 1.165) is 8.66 Å². The second-order valence-electron chi connectivity index (χ2n) is 3.69. The highest BCUT2D eigenvalue weighted by atomic mass is 79.9. The molecule has 4 heteroatoms. The molecule has 0 bridgehead atoms. The average Bonchev–Trinajstić information content (AvgIpc) is 2.67. The number of hydrogen-bond donors (Lipinski definition) is 0. The molecule has 1 heterocycles. The second kappa shape index (κ2) is 5.56. The zero-order valence-electron chi connectivity index (χ0n) is 8.95. The van der Waals surface area contributed by atoms with Gasteiger partial charge >= 0.3 is 0 Å². The van der Waals surface area contributed by atoms with Gasteiger partial charge in [0, 0.05) is 17.7 Å². The summed E-state index contributed by atoms with van der Waals surface area (Å²) >= 11 is 4.88. The first kappa shape index (κ1) is 12.5. The number of carbonyl (C=O) groups excluding carboxylic acids is 1. The molecule has 1 aromatic heterocycles. The highest BCUT2D eigenvalue weighted by Crippen LogP contribution is 2.23. The summed E-state index contributed by atoms with van der Waals surface area (Å²) < 4.78 is 14.3. The monoisotopic (exact) mass is 312 g/mol. The summed E-state index contributed by atoms with van der Waals surface area (Å²) in [6, 6.07) is 10.2. The van der Waals surface area contributed by atoms with Crippen molar-refractivity contribution in [3.63, 3.8) is 0 Å². The summed E-state index contributed by atoms with van der Waals surface area (Å²) in [7, 11) is 0. The van der Waals surface area contributed by atoms with Crippen molar-refractivity contribution in [2.24, 2.45) is 0 Å². The lowest BCUT2D eigenvalue weighted by molar-refractivity contribution is -0.117. The van der Waals surface area contributed by atoms with Crippen LogP contribution >= 0.6 is 27.3 Å². The van der Waals surface area contributed by atoms with E-state index >= 15 is 0 Å². The fourth-order valence-corrected chi connectivity index (χ4v) is 3.07. The number of thiophene rings is 1. The Labute approximate surface area is 111 Å². The van der Waals surface area contributed by atoms with Crippen LogP contribution in [0.5, 0.6) is 0 Å². The van der Waals surface area contributed by atoms with Gasteiger partial charge in [-0.15, -0.1) is 11.3 Å². The summed E-state index contributed by atoms with van der Waals surface area (Å²) in [4.78, 5) is 12.8. The molecule has 1 nitrogen and oxygen atoms in total. The van der Waals surface area contributed by atoms with Gasteiger partial charge in [0.1, 0.15) is 11.6 Å². The summed E-state index contributed by atoms with van der Waals surface area (Å²) in [6.07, 6.45) is 0.521. The molecule has 88 valence electrons. The minimum absolute atomic E-state index is 0.0319. The normalized spacial score (nSPS) is 10.5. The Kier molecular flexibility index (Phi) is 4.07. The van der Waals surface area contributed by atoms with Crippen LogP contribution in [0.15, 0.2) is 40.2 Å². The lowest BCUT2D eigenvalue weighted by Gasteiger charge is -2.01. The van der Waals surface area contributed by atoms with Crippen LogP contribution in [0.4, 0.5) is 4.39 Å². The van der Waals surface area contributed by atoms with Crippen LogP contribution in [0.25, 0.3) is 0 Å². The van der Waals surface area contributed by atoms with Crippen molar-refractivity contribution < 1.29 is 9.18 Å². The molecule has 0 aliphatic rings. The lowest BCUT2D eigenvalue weighted by atomic mass is 10.1. The molecule has 0 spiro atoms. The van der Waals surface area contributed by atoms with E-state index in [1.54, 1.807) is 18.2 Å². The minimum Gasteiger partial charge on any atom is -0.299 e. The first-order valence-corrected chi connectivity index (χ1v) is 6.75. The van der Waals surface area contributed by atoms with Crippen LogP contribution in [-0.2, 0) is 17.6 Å². The molecule has 17 heavy (non-hydrogen) atoms. The van der Waals surface area contributed by atoms with E-state index in [0.29, 0.717) is 12.0 Å². The van der Waals surface area contributed by atoms with Crippen LogP contribution in [0.1, 0.15) is 10.4 Å². The topological polar surface area (TPSA) is 17.1 Å². The molecule has 0 atom stereocenters. The van der Waals surface area contributed by atoms with Crippen LogP contribution < -0.4 is 0 Å². The Bertz CT molecular complexity index is 536. The fourth-order valence-electron chi connectivity index (χ4n) is 1.56. The first-order valence-electron chi connectivity index (χ1n) is 5.14. The predicted octanol–water partition coefficient (Wildman–Crippen LogP) is 4.00. The maximum absolute atomic E-state index is 13.3. The quantitative estimate of drug-likeness (QED) is 0.834. The molecule has 2 aromatic rings. The molecular weight excluding hydrogens is 303 g/mol. The largest absolute Gasteiger partial charge is 0.299 e. The third-order valence-electron chi connectivity index (χ3n) is 2.35. The predicted molar refractivity (Wildman–Crippen MR) is 70.8 cm³/mol. The molecule has 0 aliphatic heterocycles. The molecule has 2 rings (SSSR count). The number of rotatable bonds is 4. The van der Waals surface area contributed by atoms with Gasteiger partial charge in [-0.1, -0.05) is 18.2 Å². The molecule has 0 unspecified atom stereocenters. The zero-order valence-corrected chi connectivity index (χ0v) is 11.4. The van der Waals surface area contributed by atoms with Gasteiger partial charge in [0.2, 0.25) is 0 Å². The molecule has 0 saturated heterocycles. The van der Waals surface area contributed by atoms with Gasteiger partial charge in [0.05, 0.1) is 3.79 Å². The van der Waals surface area contributed by atoms with Gasteiger partial charge in [-0.2, -0.15) is 0 Å². The van der Waals surface area contributed by atoms with E-state index in [1.807, 2.05) is 12.1 Å². The number of ketones is 1. The Morgan fingerprint density at radius 3 is 2.59 bits per heavy atom. The first-order chi connectivity index (χ1) is 8.15. The number of hydrogen-bond acceptors (Lipinski definition) is 2. The van der Waals surface area contributed by atoms with Gasteiger partial charge < -0.3 is 0 Å². The molecule has 1 aromatic carbocycles. The van der Waals surface area contributed by atoms with E-state index in [-0.39, 0.29) is 18.0 Å². The van der Waals surface area contributed by atoms with Crippen molar-refractivity contribution >= 4 is 33.0 Å². The Morgan fingerprint density at radius 2 is 1.94 bits per heavy atom. The minimum atomic E-state index is -0.312. The number of benzene rings is 1. The van der Waals surface area contributed by atoms with Crippen LogP contribution in [0.3, 0.4) is 0 Å². The van der Waals surface area contributed by atoms with Crippen molar-refractivity contribution in [2.75, 3.05) is 0 Å². The van der Waals surface area contributed by atoms with Crippen molar-refractivity contribution in [3.05, 3.63) is 56.4 Å². The van der Waals surface area contributed by atoms with Gasteiger partial charge in [-0.25, -0.2) is 4.39 Å². The zero-order chi connectivity index (χ0) is 12.3. The fraction of sp³-hybridized carbons (Fsp3) is 0.154. The summed E-state index contributed by atoms with van der Waals surface area (Å²) in [6.45, 7) is 0. The summed E-state index contributed by atoms with van der Waals surface area (Å²) in [5.41, 5.74) is 0.466. The van der Waals surface area contributed by atoms with E-state index in [9.17, 15) is 9.18 Å². The van der Waals surface area contributed by atoms with Crippen molar-refractivity contribution in [2.45, 2.75) is 12.8 Å². The molecule has 0 radical (unpaired) electrons. The van der Waals surface area contributed by atoms with Crippen molar-refractivity contribution in [1.82, 2.24) is 0 Å². The standard InChI is InChI=1S/C13H10BrFOS/c14-13-6-5-11(17-13)8-10(16)7-9-3-1-2-4-12(9)15/h1-6H,7-8H2. The lowest BCUT2D eigenvalue weighted by Crippen LogP contribution is -2.06. The van der Waals surface area contributed by atoms with E-state index in [4.69, 9.17) is 0 Å². The average molecular weight is 313 g/mol. The second-order valence-corrected chi connectivity index (χ2v) is 6.24. The molecule has 0 N–H and O–H groups in total. The van der Waals surface area contributed by atoms with Gasteiger partial charge in [-0.05, 0) is 39.7 Å². The van der Waals surface area contributed by atoms with Gasteiger partial charge in [0.15, 0.2) is 0 Å². The SMILES string of the molecule is O=C(Cc1ccc(Br)s1)Cc1ccccc1F. The number of carbonyl (C=O) groups is 1. The summed E-state index contributed by atoms with van der Waals surface area (Å²) in [5.74, 6) is -0.280. The van der Waals surface area contributed by atoms with Crippen molar-refractivity contribution in [3.8, 4) is 0 Å². The third kappa shape index (κ3) is 3.48. The Hall–Kier alpha value is -1.00. The van der Waals surface area contributed by atoms with Crippen LogP contribution in [-0.4, -0.2) is 5.78 Å². The van der Waals surface area contributed by atoms with E-state index < -0.39 is 0 Å². The molecule has 0 amide bonds. The van der Waals surface area contributed by atoms with Crippen LogP contribution in [0.2, 0.25) is 0 Å². The smallest absolute Gasteiger partial charge is 0.142 e. The maximum Gasteiger partial charge on any atom is 0.142 e. The highest BCUT2D eigenvalue weighted by molar-refractivity contribution is 9.11. The van der Waals surface area contributed by atoms with E-state index in [1.165, 1.54) is 17.4 Å². The molecule has 0 fully saturated rings. The van der Waals surface area contributed by atoms with Crippen LogP contribution in [0, 0.1) is 5.82 Å². The van der Waals surface area contributed by atoms with E-state index in [2.05, 4.69) is 15.9 Å². The Balaban J connectivity index is 2.01. The van der Waals surface area contributed by atoms with Gasteiger partial charge in [0.25, 0.3) is 0 Å². The van der Waals surface area contributed by atoms with Gasteiger partial charge in [-0.3, -0.25) is 4.79 Å².